The minimum absolute atomic E-state index is 0.196. The predicted octanol–water partition coefficient (Wildman–Crippen LogP) is 5.83. The number of rotatable bonds is 7. The number of pyridine rings is 1. The average molecular weight is 848 g/mol. The summed E-state index contributed by atoms with van der Waals surface area (Å²) in [5.74, 6) is 2.70. The molecule has 2 aromatic rings. The highest BCUT2D eigenvalue weighted by Crippen LogP contribution is 2.46. The summed E-state index contributed by atoms with van der Waals surface area (Å²) in [4.78, 5) is 69.2. The van der Waals surface area contributed by atoms with Crippen LogP contribution in [0.15, 0.2) is 41.7 Å². The van der Waals surface area contributed by atoms with E-state index in [0.717, 1.165) is 5.71 Å². The van der Waals surface area contributed by atoms with Crippen LogP contribution < -0.4 is 5.32 Å². The van der Waals surface area contributed by atoms with E-state index in [-0.39, 0.29) is 36.3 Å². The van der Waals surface area contributed by atoms with Gasteiger partial charge in [0.1, 0.15) is 18.1 Å². The Morgan fingerprint density at radius 1 is 1.12 bits per heavy atom. The fourth-order valence-electron chi connectivity index (χ4n) is 9.96. The standard InChI is InChI=1S/C45H61N5O9S/c1-11-34-45(8)38-27(4)35(47-20-21-50(38)43(55)59-45)25(2)23-44(7,18-12-15-31-16-17-33(60-31)40(53)48-30-14-13-19-46-24-30)39(28(5)36(51)29(6)41(54)57-34)58-42-37(52)32(49(9)10)22-26(3)56-42/h13-14,16-17,19,24-29,32,34,37-39,42,52H,11,18,20-23H2,1-10H3,(H,48,53)/t25-,26-,27-,28+,29-,32+,34+,37-,38-,39-,42?,44+,45-/m1/s1. The Bertz CT molecular complexity index is 2000. The number of carbonyl (C=O) groups is 4. The summed E-state index contributed by atoms with van der Waals surface area (Å²) in [6.45, 7) is 15.8. The first kappa shape index (κ1) is 45.3. The van der Waals surface area contributed by atoms with Crippen LogP contribution in [0.2, 0.25) is 0 Å². The molecule has 0 spiro atoms. The Balaban J connectivity index is 1.42. The maximum Gasteiger partial charge on any atom is 0.410 e. The van der Waals surface area contributed by atoms with E-state index in [4.69, 9.17) is 23.9 Å². The third-order valence-corrected chi connectivity index (χ3v) is 14.0. The number of hydrogen-bond donors (Lipinski definition) is 2. The van der Waals surface area contributed by atoms with Crippen LogP contribution in [0.3, 0.4) is 0 Å². The van der Waals surface area contributed by atoms with Crippen LogP contribution in [0.4, 0.5) is 10.5 Å². The van der Waals surface area contributed by atoms with E-state index in [1.54, 1.807) is 55.4 Å². The maximum atomic E-state index is 14.7. The molecule has 13 atom stereocenters. The molecule has 6 rings (SSSR count). The molecule has 2 bridgehead atoms. The number of ketones is 1. The number of hydrogen-bond acceptors (Lipinski definition) is 13. The number of cyclic esters (lactones) is 1. The van der Waals surface area contributed by atoms with Crippen molar-refractivity contribution in [3.05, 3.63) is 46.4 Å². The number of aliphatic hydroxyl groups excluding tert-OH is 1. The summed E-state index contributed by atoms with van der Waals surface area (Å²) in [5.41, 5.74) is -0.645. The van der Waals surface area contributed by atoms with Gasteiger partial charge in [0.25, 0.3) is 5.91 Å². The highest BCUT2D eigenvalue weighted by Gasteiger charge is 2.60. The van der Waals surface area contributed by atoms with Gasteiger partial charge in [0, 0.05) is 48.2 Å². The summed E-state index contributed by atoms with van der Waals surface area (Å²) < 4.78 is 25.6. The van der Waals surface area contributed by atoms with E-state index in [9.17, 15) is 24.3 Å². The van der Waals surface area contributed by atoms with Gasteiger partial charge in [-0.1, -0.05) is 46.5 Å². The van der Waals surface area contributed by atoms with E-state index in [1.807, 2.05) is 53.6 Å². The quantitative estimate of drug-likeness (QED) is 0.196. The van der Waals surface area contributed by atoms with Crippen LogP contribution in [0.5, 0.6) is 0 Å². The molecule has 0 saturated carbocycles. The van der Waals surface area contributed by atoms with Crippen LogP contribution in [0, 0.1) is 40.9 Å². The lowest BCUT2D eigenvalue weighted by Crippen LogP contribution is -2.58. The molecule has 15 heteroatoms. The molecule has 0 aromatic carbocycles. The zero-order chi connectivity index (χ0) is 43.7. The summed E-state index contributed by atoms with van der Waals surface area (Å²) in [7, 11) is 3.80. The SMILES string of the molecule is CC[C@@H]1OC(=O)[C@H](C)C(=O)[C@H](C)[C@@H](OC2O[C@H](C)C[C@H](N(C)C)[C@H]2O)[C@@](C)(CC#Cc2ccc(C(=O)Nc3cccnc3)s2)C[C@@H](C)C2=NCCN3C(=O)O[C@@]1(C)[C@H]3[C@@H]2C. The fourth-order valence-corrected chi connectivity index (χ4v) is 10.7. The number of anilines is 1. The molecule has 4 aliphatic rings. The van der Waals surface area contributed by atoms with Gasteiger partial charge in [-0.05, 0) is 84.3 Å². The van der Waals surface area contributed by atoms with Crippen LogP contribution in [-0.4, -0.2) is 125 Å². The second-order valence-electron chi connectivity index (χ2n) is 17.8. The number of amides is 2. The maximum absolute atomic E-state index is 14.7. The Labute approximate surface area is 357 Å². The van der Waals surface area contributed by atoms with Crippen molar-refractivity contribution in [1.29, 1.82) is 0 Å². The number of Topliss-reactive ketones (excluding diaryl/α,β-unsaturated/α-hetero) is 1. The second-order valence-corrected chi connectivity index (χ2v) is 18.8. The van der Waals surface area contributed by atoms with Gasteiger partial charge in [-0.15, -0.1) is 11.3 Å². The minimum Gasteiger partial charge on any atom is -0.458 e. The molecule has 1 unspecified atom stereocenters. The first-order chi connectivity index (χ1) is 28.4. The van der Waals surface area contributed by atoms with Gasteiger partial charge in [-0.25, -0.2) is 4.79 Å². The Kier molecular flexibility index (Phi) is 13.9. The molecule has 4 aliphatic heterocycles. The topological polar surface area (TPSA) is 169 Å². The average Bonchev–Trinajstić information content (AvgIpc) is 3.72. The Morgan fingerprint density at radius 2 is 1.87 bits per heavy atom. The lowest BCUT2D eigenvalue weighted by Gasteiger charge is -2.47. The summed E-state index contributed by atoms with van der Waals surface area (Å²) in [5, 5.41) is 14.6. The molecule has 2 aromatic heterocycles. The number of ether oxygens (including phenoxy) is 4. The van der Waals surface area contributed by atoms with Crippen molar-refractivity contribution >= 4 is 46.5 Å². The lowest BCUT2D eigenvalue weighted by molar-refractivity contribution is -0.286. The molecule has 3 saturated heterocycles. The highest BCUT2D eigenvalue weighted by molar-refractivity contribution is 7.14. The molecule has 0 radical (unpaired) electrons. The monoisotopic (exact) mass is 847 g/mol. The van der Waals surface area contributed by atoms with Crippen LogP contribution in [0.25, 0.3) is 0 Å². The van der Waals surface area contributed by atoms with Crippen LogP contribution in [0.1, 0.15) is 95.6 Å². The van der Waals surface area contributed by atoms with E-state index >= 15 is 0 Å². The number of aliphatic hydroxyl groups is 1. The van der Waals surface area contributed by atoms with Crippen molar-refractivity contribution in [3.63, 3.8) is 0 Å². The van der Waals surface area contributed by atoms with Crippen molar-refractivity contribution in [1.82, 2.24) is 14.8 Å². The first-order valence-corrected chi connectivity index (χ1v) is 21.9. The van der Waals surface area contributed by atoms with E-state index in [2.05, 4.69) is 29.1 Å². The highest BCUT2D eigenvalue weighted by atomic mass is 32.1. The van der Waals surface area contributed by atoms with Crippen molar-refractivity contribution in [2.45, 2.75) is 129 Å². The third kappa shape index (κ3) is 9.18. The van der Waals surface area contributed by atoms with Gasteiger partial charge in [-0.2, -0.15) is 0 Å². The van der Waals surface area contributed by atoms with E-state index in [0.29, 0.717) is 47.8 Å². The smallest absolute Gasteiger partial charge is 0.410 e. The molecule has 14 nitrogen and oxygen atoms in total. The van der Waals surface area contributed by atoms with E-state index < -0.39 is 71.3 Å². The summed E-state index contributed by atoms with van der Waals surface area (Å²) in [6, 6.07) is 6.27. The van der Waals surface area contributed by atoms with Crippen molar-refractivity contribution in [2.24, 2.45) is 34.1 Å². The van der Waals surface area contributed by atoms with Crippen molar-refractivity contribution in [2.75, 3.05) is 32.5 Å². The van der Waals surface area contributed by atoms with Gasteiger partial charge in [0.05, 0.1) is 46.4 Å². The molecule has 2 N–H and O–H groups in total. The number of nitrogens with zero attached hydrogens (tertiary/aromatic N) is 4. The third-order valence-electron chi connectivity index (χ3n) is 13.0. The van der Waals surface area contributed by atoms with Crippen molar-refractivity contribution in [3.8, 4) is 11.8 Å². The number of likely N-dealkylation sites (N-methyl/N-ethyl adjacent to an activating group) is 1. The largest absolute Gasteiger partial charge is 0.458 e. The minimum atomic E-state index is -1.20. The number of carbonyl (C=O) groups excluding carboxylic acids is 4. The molecular weight excluding hydrogens is 787 g/mol. The van der Waals surface area contributed by atoms with Gasteiger partial charge in [-0.3, -0.25) is 29.3 Å². The summed E-state index contributed by atoms with van der Waals surface area (Å²) in [6.07, 6.45) is 0.245. The molecular formula is C45H61N5O9S. The Hall–Kier alpha value is -4.20. The molecule has 60 heavy (non-hydrogen) atoms. The van der Waals surface area contributed by atoms with Crippen LogP contribution in [-0.2, 0) is 28.5 Å². The zero-order valence-electron chi connectivity index (χ0n) is 36.5. The number of esters is 1. The van der Waals surface area contributed by atoms with Gasteiger partial charge < -0.3 is 34.3 Å². The van der Waals surface area contributed by atoms with Gasteiger partial charge in [0.2, 0.25) is 0 Å². The number of thiophene rings is 1. The van der Waals surface area contributed by atoms with Gasteiger partial charge >= 0.3 is 12.1 Å². The fraction of sp³-hybridized carbons (Fsp3) is 0.644. The normalized spacial score (nSPS) is 36.3. The molecule has 3 fully saturated rings. The van der Waals surface area contributed by atoms with Crippen LogP contribution >= 0.6 is 11.3 Å². The first-order valence-electron chi connectivity index (χ1n) is 21.1. The number of fused-ring (bicyclic) bond motifs is 1. The second kappa shape index (κ2) is 18.4. The van der Waals surface area contributed by atoms with E-state index in [1.165, 1.54) is 11.3 Å². The van der Waals surface area contributed by atoms with Crippen molar-refractivity contribution < 1.29 is 43.2 Å². The Morgan fingerprint density at radius 3 is 2.55 bits per heavy atom. The molecule has 326 valence electrons. The van der Waals surface area contributed by atoms with Gasteiger partial charge in [0.15, 0.2) is 17.7 Å². The summed E-state index contributed by atoms with van der Waals surface area (Å²) >= 11 is 1.26. The molecule has 0 aliphatic carbocycles. The predicted molar refractivity (Wildman–Crippen MR) is 228 cm³/mol. The number of aliphatic imine (C=N–C) groups is 1. The zero-order valence-corrected chi connectivity index (χ0v) is 37.3. The number of nitrogens with one attached hydrogen (secondary N) is 1. The molecule has 2 amide bonds. The number of aromatic nitrogens is 1. The molecule has 6 heterocycles. The lowest BCUT2D eigenvalue weighted by atomic mass is 9.66.